The average molecular weight is 356 g/mol. The Morgan fingerprint density at radius 3 is 2.75 bits per heavy atom. The van der Waals surface area contributed by atoms with Gasteiger partial charge in [-0.1, -0.05) is 22.0 Å². The number of aromatic nitrogens is 1. The Kier molecular flexibility index (Phi) is 4.46. The van der Waals surface area contributed by atoms with E-state index in [0.717, 1.165) is 20.0 Å². The van der Waals surface area contributed by atoms with Crippen LogP contribution in [0.5, 0.6) is 0 Å². The minimum atomic E-state index is 0.844. The van der Waals surface area contributed by atoms with Crippen molar-refractivity contribution in [3.63, 3.8) is 0 Å². The third kappa shape index (κ3) is 2.99. The zero-order valence-corrected chi connectivity index (χ0v) is 10.9. The van der Waals surface area contributed by atoms with Crippen LogP contribution in [0.25, 0.3) is 6.08 Å². The molecule has 0 spiro atoms. The molecule has 1 aromatic rings. The molecule has 0 saturated carbocycles. The normalized spacial score (nSPS) is 10.9. The van der Waals surface area contributed by atoms with Gasteiger partial charge in [-0.05, 0) is 44.0 Å². The molecule has 0 aliphatic carbocycles. The van der Waals surface area contributed by atoms with Crippen molar-refractivity contribution in [3.05, 3.63) is 33.0 Å². The van der Waals surface area contributed by atoms with Gasteiger partial charge in [-0.25, -0.2) is 0 Å². The molecule has 0 aliphatic rings. The third-order valence-electron chi connectivity index (χ3n) is 1.20. The van der Waals surface area contributed by atoms with Crippen molar-refractivity contribution < 1.29 is 0 Å². The molecular formula is C8H6Br3N. The Morgan fingerprint density at radius 2 is 2.17 bits per heavy atom. The molecular weight excluding hydrogens is 350 g/mol. The molecule has 0 aromatic carbocycles. The van der Waals surface area contributed by atoms with Crippen molar-refractivity contribution >= 4 is 53.9 Å². The van der Waals surface area contributed by atoms with Crippen LogP contribution in [0.2, 0.25) is 0 Å². The highest BCUT2D eigenvalue weighted by Gasteiger charge is 1.96. The largest absolute Gasteiger partial charge is 0.255 e. The lowest BCUT2D eigenvalue weighted by atomic mass is 10.3. The van der Waals surface area contributed by atoms with Gasteiger partial charge in [-0.15, -0.1) is 0 Å². The lowest BCUT2D eigenvalue weighted by Gasteiger charge is -1.96. The predicted molar refractivity (Wildman–Crippen MR) is 62.5 cm³/mol. The number of alkyl halides is 1. The van der Waals surface area contributed by atoms with Gasteiger partial charge in [0.25, 0.3) is 0 Å². The SMILES string of the molecule is BrC/C=C/c1ncc(Br)cc1Br. The molecule has 0 bridgehead atoms. The minimum Gasteiger partial charge on any atom is -0.255 e. The summed E-state index contributed by atoms with van der Waals surface area (Å²) in [5.74, 6) is 0. The highest BCUT2D eigenvalue weighted by molar-refractivity contribution is 9.11. The van der Waals surface area contributed by atoms with Gasteiger partial charge >= 0.3 is 0 Å². The summed E-state index contributed by atoms with van der Waals surface area (Å²) in [5, 5.41) is 0.844. The van der Waals surface area contributed by atoms with Crippen molar-refractivity contribution in [2.45, 2.75) is 0 Å². The summed E-state index contributed by atoms with van der Waals surface area (Å²) in [4.78, 5) is 4.21. The first-order valence-electron chi connectivity index (χ1n) is 3.27. The van der Waals surface area contributed by atoms with E-state index in [9.17, 15) is 0 Å². The number of hydrogen-bond donors (Lipinski definition) is 0. The monoisotopic (exact) mass is 353 g/mol. The van der Waals surface area contributed by atoms with Crippen LogP contribution in [-0.4, -0.2) is 10.3 Å². The van der Waals surface area contributed by atoms with Crippen LogP contribution >= 0.6 is 47.8 Å². The van der Waals surface area contributed by atoms with Crippen molar-refractivity contribution in [1.82, 2.24) is 4.98 Å². The first kappa shape index (κ1) is 10.4. The van der Waals surface area contributed by atoms with Crippen molar-refractivity contribution in [2.75, 3.05) is 5.33 Å². The van der Waals surface area contributed by atoms with Gasteiger partial charge in [0.2, 0.25) is 0 Å². The molecule has 0 fully saturated rings. The molecule has 1 aromatic heterocycles. The maximum Gasteiger partial charge on any atom is 0.0769 e. The number of nitrogens with zero attached hydrogens (tertiary/aromatic N) is 1. The van der Waals surface area contributed by atoms with E-state index in [1.54, 1.807) is 6.20 Å². The van der Waals surface area contributed by atoms with Crippen LogP contribution in [-0.2, 0) is 0 Å². The Labute approximate surface area is 96.7 Å². The van der Waals surface area contributed by atoms with E-state index < -0.39 is 0 Å². The Bertz CT molecular complexity index is 296. The molecule has 1 nitrogen and oxygen atoms in total. The van der Waals surface area contributed by atoms with Crippen molar-refractivity contribution in [3.8, 4) is 0 Å². The molecule has 1 heterocycles. The highest BCUT2D eigenvalue weighted by atomic mass is 79.9. The zero-order chi connectivity index (χ0) is 8.97. The van der Waals surface area contributed by atoms with Gasteiger partial charge in [0.05, 0.1) is 5.69 Å². The maximum absolute atomic E-state index is 4.21. The van der Waals surface area contributed by atoms with E-state index >= 15 is 0 Å². The van der Waals surface area contributed by atoms with Crippen LogP contribution in [0.3, 0.4) is 0 Å². The molecule has 0 N–H and O–H groups in total. The van der Waals surface area contributed by atoms with Gasteiger partial charge in [0, 0.05) is 20.5 Å². The second kappa shape index (κ2) is 5.14. The lowest BCUT2D eigenvalue weighted by molar-refractivity contribution is 1.26. The number of hydrogen-bond acceptors (Lipinski definition) is 1. The average Bonchev–Trinajstić information content (AvgIpc) is 2.03. The molecule has 12 heavy (non-hydrogen) atoms. The van der Waals surface area contributed by atoms with Crippen LogP contribution in [0.4, 0.5) is 0 Å². The van der Waals surface area contributed by atoms with E-state index in [1.807, 2.05) is 18.2 Å². The smallest absolute Gasteiger partial charge is 0.0769 e. The lowest BCUT2D eigenvalue weighted by Crippen LogP contribution is -1.82. The van der Waals surface area contributed by atoms with E-state index in [1.165, 1.54) is 0 Å². The number of rotatable bonds is 2. The summed E-state index contributed by atoms with van der Waals surface area (Å²) in [6.07, 6.45) is 5.74. The molecule has 0 aliphatic heterocycles. The fourth-order valence-electron chi connectivity index (χ4n) is 0.704. The van der Waals surface area contributed by atoms with Gasteiger partial charge in [0.15, 0.2) is 0 Å². The van der Waals surface area contributed by atoms with Crippen LogP contribution < -0.4 is 0 Å². The van der Waals surface area contributed by atoms with E-state index in [2.05, 4.69) is 52.8 Å². The van der Waals surface area contributed by atoms with Gasteiger partial charge in [-0.3, -0.25) is 4.98 Å². The van der Waals surface area contributed by atoms with Crippen molar-refractivity contribution in [1.29, 1.82) is 0 Å². The Balaban J connectivity index is 2.94. The fourth-order valence-corrected chi connectivity index (χ4v) is 2.01. The second-order valence-corrected chi connectivity index (χ2v) is 4.49. The molecule has 64 valence electrons. The molecule has 0 radical (unpaired) electrons. The molecule has 0 atom stereocenters. The fraction of sp³-hybridized carbons (Fsp3) is 0.125. The highest BCUT2D eigenvalue weighted by Crippen LogP contribution is 2.20. The van der Waals surface area contributed by atoms with Gasteiger partial charge in [-0.2, -0.15) is 0 Å². The van der Waals surface area contributed by atoms with Crippen molar-refractivity contribution in [2.24, 2.45) is 0 Å². The number of pyridine rings is 1. The molecule has 0 unspecified atom stereocenters. The summed E-state index contributed by atoms with van der Waals surface area (Å²) in [6, 6.07) is 1.97. The molecule has 4 heteroatoms. The molecule has 0 saturated heterocycles. The van der Waals surface area contributed by atoms with Crippen LogP contribution in [0, 0.1) is 0 Å². The first-order valence-corrected chi connectivity index (χ1v) is 5.98. The second-order valence-electron chi connectivity index (χ2n) is 2.08. The Morgan fingerprint density at radius 1 is 1.42 bits per heavy atom. The third-order valence-corrected chi connectivity index (χ3v) is 2.64. The summed E-state index contributed by atoms with van der Waals surface area (Å²) in [6.45, 7) is 0. The van der Waals surface area contributed by atoms with Gasteiger partial charge < -0.3 is 0 Å². The zero-order valence-electron chi connectivity index (χ0n) is 6.10. The first-order chi connectivity index (χ1) is 5.74. The maximum atomic E-state index is 4.21. The molecule has 0 amide bonds. The van der Waals surface area contributed by atoms with Crippen LogP contribution in [0.15, 0.2) is 27.3 Å². The number of halogens is 3. The molecule has 1 rings (SSSR count). The Hall–Kier alpha value is 0.330. The summed E-state index contributed by atoms with van der Waals surface area (Å²) in [7, 11) is 0. The number of allylic oxidation sites excluding steroid dienone is 1. The minimum absolute atomic E-state index is 0.844. The van der Waals surface area contributed by atoms with E-state index in [-0.39, 0.29) is 0 Å². The quantitative estimate of drug-likeness (QED) is 0.730. The summed E-state index contributed by atoms with van der Waals surface area (Å²) < 4.78 is 1.97. The van der Waals surface area contributed by atoms with Crippen LogP contribution in [0.1, 0.15) is 5.69 Å². The summed E-state index contributed by atoms with van der Waals surface area (Å²) in [5.41, 5.74) is 0.942. The topological polar surface area (TPSA) is 12.9 Å². The van der Waals surface area contributed by atoms with E-state index in [0.29, 0.717) is 0 Å². The predicted octanol–water partition coefficient (Wildman–Crippen LogP) is 4.01. The van der Waals surface area contributed by atoms with E-state index in [4.69, 9.17) is 0 Å². The van der Waals surface area contributed by atoms with Gasteiger partial charge in [0.1, 0.15) is 0 Å². The standard InChI is InChI=1S/C8H6Br3N/c9-3-1-2-8-7(11)4-6(10)5-12-8/h1-2,4-5H,3H2/b2-1+. The summed E-state index contributed by atoms with van der Waals surface area (Å²) >= 11 is 10.1.